The van der Waals surface area contributed by atoms with Crippen LogP contribution >= 0.6 is 0 Å². The van der Waals surface area contributed by atoms with Crippen molar-refractivity contribution in [3.05, 3.63) is 0 Å². The summed E-state index contributed by atoms with van der Waals surface area (Å²) in [5.41, 5.74) is -1.06. The number of amides is 1. The normalized spacial score (nSPS) is 25.8. The molecular weight excluding hydrogens is 254 g/mol. The van der Waals surface area contributed by atoms with Crippen LogP contribution in [0.2, 0.25) is 0 Å². The third-order valence-electron chi connectivity index (χ3n) is 3.08. The van der Waals surface area contributed by atoms with Crippen LogP contribution in [0.15, 0.2) is 0 Å². The molecule has 0 saturated carbocycles. The van der Waals surface area contributed by atoms with Gasteiger partial charge in [0, 0.05) is 26.7 Å². The second kappa shape index (κ2) is 6.83. The zero-order valence-corrected chi connectivity index (χ0v) is 11.2. The summed E-state index contributed by atoms with van der Waals surface area (Å²) in [5.74, 6) is -1.44. The molecular formula is C12H21NO6. The molecule has 0 spiro atoms. The van der Waals surface area contributed by atoms with Crippen molar-refractivity contribution in [3.63, 3.8) is 0 Å². The maximum atomic E-state index is 11.8. The Morgan fingerprint density at radius 3 is 2.58 bits per heavy atom. The van der Waals surface area contributed by atoms with Gasteiger partial charge in [-0.15, -0.1) is 0 Å². The summed E-state index contributed by atoms with van der Waals surface area (Å²) in [6.07, 6.45) is -0.562. The molecule has 1 heterocycles. The number of carboxylic acid groups (broad SMARTS) is 1. The second-order valence-corrected chi connectivity index (χ2v) is 4.99. The fraction of sp³-hybridized carbons (Fsp3) is 0.833. The standard InChI is InChI=1S/C12H21NO6/c1-12(17,5-6-18-2)7-13-10(14)8-3-4-9(19-8)11(15)16/h8-9,17H,3-7H2,1-2H3,(H,13,14)(H,15,16). The molecule has 3 atom stereocenters. The van der Waals surface area contributed by atoms with E-state index >= 15 is 0 Å². The van der Waals surface area contributed by atoms with Gasteiger partial charge in [-0.2, -0.15) is 0 Å². The van der Waals surface area contributed by atoms with Gasteiger partial charge in [-0.3, -0.25) is 4.79 Å². The Kier molecular flexibility index (Phi) is 5.71. The van der Waals surface area contributed by atoms with Gasteiger partial charge >= 0.3 is 5.97 Å². The van der Waals surface area contributed by atoms with Crippen molar-refractivity contribution in [1.29, 1.82) is 0 Å². The molecule has 1 aliphatic rings. The van der Waals surface area contributed by atoms with E-state index in [0.29, 0.717) is 25.9 Å². The number of nitrogens with one attached hydrogen (secondary N) is 1. The van der Waals surface area contributed by atoms with Gasteiger partial charge in [0.2, 0.25) is 5.91 Å². The van der Waals surface area contributed by atoms with Gasteiger partial charge in [0.15, 0.2) is 6.10 Å². The van der Waals surface area contributed by atoms with Crippen molar-refractivity contribution in [1.82, 2.24) is 5.32 Å². The predicted octanol–water partition coefficient (Wildman–Crippen LogP) is -0.478. The molecule has 1 fully saturated rings. The predicted molar refractivity (Wildman–Crippen MR) is 65.7 cm³/mol. The first-order chi connectivity index (χ1) is 8.85. The number of aliphatic carboxylic acids is 1. The summed E-state index contributed by atoms with van der Waals surface area (Å²) < 4.78 is 9.98. The van der Waals surface area contributed by atoms with Crippen LogP contribution in [-0.2, 0) is 19.1 Å². The third-order valence-corrected chi connectivity index (χ3v) is 3.08. The molecule has 1 aliphatic heterocycles. The Balaban J connectivity index is 2.34. The van der Waals surface area contributed by atoms with Gasteiger partial charge in [-0.05, 0) is 19.8 Å². The molecule has 3 unspecified atom stereocenters. The fourth-order valence-corrected chi connectivity index (χ4v) is 1.81. The van der Waals surface area contributed by atoms with Crippen LogP contribution < -0.4 is 5.32 Å². The van der Waals surface area contributed by atoms with E-state index in [-0.39, 0.29) is 12.5 Å². The molecule has 1 saturated heterocycles. The van der Waals surface area contributed by atoms with Gasteiger partial charge < -0.3 is 25.0 Å². The van der Waals surface area contributed by atoms with Crippen molar-refractivity contribution in [2.45, 2.75) is 44.0 Å². The van der Waals surface area contributed by atoms with Crippen LogP contribution in [0.1, 0.15) is 26.2 Å². The molecule has 1 amide bonds. The summed E-state index contributed by atoms with van der Waals surface area (Å²) in [6.45, 7) is 2.07. The van der Waals surface area contributed by atoms with E-state index in [1.807, 2.05) is 0 Å². The lowest BCUT2D eigenvalue weighted by Crippen LogP contribution is -2.45. The largest absolute Gasteiger partial charge is 0.479 e. The van der Waals surface area contributed by atoms with Crippen molar-refractivity contribution in [2.24, 2.45) is 0 Å². The maximum Gasteiger partial charge on any atom is 0.332 e. The Labute approximate surface area is 111 Å². The maximum absolute atomic E-state index is 11.8. The Hall–Kier alpha value is -1.18. The summed E-state index contributed by atoms with van der Waals surface area (Å²) in [5, 5.41) is 21.3. The van der Waals surface area contributed by atoms with Gasteiger partial charge in [0.25, 0.3) is 0 Å². The van der Waals surface area contributed by atoms with E-state index in [9.17, 15) is 14.7 Å². The van der Waals surface area contributed by atoms with Gasteiger partial charge in [0.05, 0.1) is 5.60 Å². The van der Waals surface area contributed by atoms with E-state index in [0.717, 1.165) is 0 Å². The van der Waals surface area contributed by atoms with Crippen LogP contribution in [0.3, 0.4) is 0 Å². The Morgan fingerprint density at radius 1 is 1.42 bits per heavy atom. The molecule has 1 rings (SSSR count). The number of hydrogen-bond donors (Lipinski definition) is 3. The fourth-order valence-electron chi connectivity index (χ4n) is 1.81. The van der Waals surface area contributed by atoms with Crippen molar-refractivity contribution < 1.29 is 29.3 Å². The molecule has 0 aromatic heterocycles. The number of carbonyl (C=O) groups is 2. The molecule has 7 nitrogen and oxygen atoms in total. The molecule has 0 bridgehead atoms. The van der Waals surface area contributed by atoms with E-state index in [1.165, 1.54) is 7.11 Å². The van der Waals surface area contributed by atoms with Gasteiger partial charge in [-0.1, -0.05) is 0 Å². The molecule has 0 aromatic rings. The number of carbonyl (C=O) groups excluding carboxylic acids is 1. The molecule has 0 aromatic carbocycles. The number of aliphatic hydroxyl groups is 1. The number of rotatable bonds is 7. The molecule has 3 N–H and O–H groups in total. The summed E-state index contributed by atoms with van der Waals surface area (Å²) in [7, 11) is 1.53. The molecule has 19 heavy (non-hydrogen) atoms. The second-order valence-electron chi connectivity index (χ2n) is 4.99. The van der Waals surface area contributed by atoms with Crippen molar-refractivity contribution in [3.8, 4) is 0 Å². The third kappa shape index (κ3) is 5.14. The number of ether oxygens (including phenoxy) is 2. The summed E-state index contributed by atoms with van der Waals surface area (Å²) in [6, 6.07) is 0. The Bertz CT molecular complexity index is 330. The minimum atomic E-state index is -1.06. The van der Waals surface area contributed by atoms with E-state index < -0.39 is 23.8 Å². The zero-order valence-electron chi connectivity index (χ0n) is 11.2. The highest BCUT2D eigenvalue weighted by Crippen LogP contribution is 2.20. The number of carboxylic acids is 1. The summed E-state index contributed by atoms with van der Waals surface area (Å²) in [4.78, 5) is 22.5. The van der Waals surface area contributed by atoms with Gasteiger partial charge in [0.1, 0.15) is 6.10 Å². The van der Waals surface area contributed by atoms with Crippen molar-refractivity contribution in [2.75, 3.05) is 20.3 Å². The first-order valence-electron chi connectivity index (χ1n) is 6.23. The van der Waals surface area contributed by atoms with Gasteiger partial charge in [-0.25, -0.2) is 4.79 Å². The first kappa shape index (κ1) is 15.9. The van der Waals surface area contributed by atoms with E-state index in [4.69, 9.17) is 14.6 Å². The minimum absolute atomic E-state index is 0.0762. The number of hydrogen-bond acceptors (Lipinski definition) is 5. The smallest absolute Gasteiger partial charge is 0.332 e. The highest BCUT2D eigenvalue weighted by molar-refractivity contribution is 5.82. The van der Waals surface area contributed by atoms with Crippen LogP contribution in [-0.4, -0.2) is 60.2 Å². The molecule has 110 valence electrons. The Morgan fingerprint density at radius 2 is 2.05 bits per heavy atom. The monoisotopic (exact) mass is 275 g/mol. The lowest BCUT2D eigenvalue weighted by molar-refractivity contribution is -0.152. The number of methoxy groups -OCH3 is 1. The van der Waals surface area contributed by atoms with E-state index in [2.05, 4.69) is 5.32 Å². The highest BCUT2D eigenvalue weighted by atomic mass is 16.5. The quantitative estimate of drug-likeness (QED) is 0.579. The highest BCUT2D eigenvalue weighted by Gasteiger charge is 2.35. The lowest BCUT2D eigenvalue weighted by atomic mass is 10.0. The average molecular weight is 275 g/mol. The first-order valence-corrected chi connectivity index (χ1v) is 6.23. The molecule has 0 radical (unpaired) electrons. The summed E-state index contributed by atoms with van der Waals surface area (Å²) >= 11 is 0. The van der Waals surface area contributed by atoms with Crippen LogP contribution in [0, 0.1) is 0 Å². The SMILES string of the molecule is COCCC(C)(O)CNC(=O)C1CCC(C(=O)O)O1. The molecule has 0 aliphatic carbocycles. The topological polar surface area (TPSA) is 105 Å². The van der Waals surface area contributed by atoms with Crippen LogP contribution in [0.5, 0.6) is 0 Å². The van der Waals surface area contributed by atoms with E-state index in [1.54, 1.807) is 6.92 Å². The van der Waals surface area contributed by atoms with Crippen LogP contribution in [0.4, 0.5) is 0 Å². The minimum Gasteiger partial charge on any atom is -0.479 e. The van der Waals surface area contributed by atoms with Crippen LogP contribution in [0.25, 0.3) is 0 Å². The van der Waals surface area contributed by atoms with Crippen molar-refractivity contribution >= 4 is 11.9 Å². The average Bonchev–Trinajstić information content (AvgIpc) is 2.83. The lowest BCUT2D eigenvalue weighted by Gasteiger charge is -2.24. The molecule has 7 heteroatoms. The zero-order chi connectivity index (χ0) is 14.5.